The van der Waals surface area contributed by atoms with E-state index in [1.165, 1.54) is 33.6 Å². The number of para-hydroxylation sites is 2. The van der Waals surface area contributed by atoms with Gasteiger partial charge >= 0.3 is 32.7 Å². The molecule has 0 spiro atoms. The van der Waals surface area contributed by atoms with E-state index in [9.17, 15) is 0 Å². The first-order valence-corrected chi connectivity index (χ1v) is 15.3. The molecular formula is C40H55N2OY. The Morgan fingerprint density at radius 1 is 0.705 bits per heavy atom. The van der Waals surface area contributed by atoms with Crippen molar-refractivity contribution in [2.24, 2.45) is 0 Å². The summed E-state index contributed by atoms with van der Waals surface area (Å²) in [7, 11) is 9.88. The standard InChI is InChI=1S/C22H31O.2C9H12N.Y/c1-8-22(9-2,17-12-10-11-13-17)19-15-16(3)14-18(20(19)23-7)21(4,5)6;2*1-8-6-4-5-7-9(8)10(2)3;/h10-15H,8-9H2,1-7H3;2*4-7H,1H2,2-3H3;/q3*-1;+3. The Balaban J connectivity index is 0.000000381. The second-order valence-electron chi connectivity index (χ2n) is 12.7. The number of nitrogens with zero attached hydrogens (tertiary/aromatic N) is 2. The van der Waals surface area contributed by atoms with E-state index in [2.05, 4.69) is 114 Å². The van der Waals surface area contributed by atoms with Gasteiger partial charge in [0.25, 0.3) is 0 Å². The Morgan fingerprint density at radius 2 is 1.11 bits per heavy atom. The third-order valence-corrected chi connectivity index (χ3v) is 8.13. The summed E-state index contributed by atoms with van der Waals surface area (Å²) in [4.78, 5) is 4.12. The average Bonchev–Trinajstić information content (AvgIpc) is 3.50. The van der Waals surface area contributed by atoms with Crippen molar-refractivity contribution < 1.29 is 37.4 Å². The molecule has 0 aliphatic heterocycles. The van der Waals surface area contributed by atoms with E-state index in [1.807, 2.05) is 71.7 Å². The van der Waals surface area contributed by atoms with E-state index in [1.54, 1.807) is 0 Å². The number of hydrogen-bond acceptors (Lipinski definition) is 3. The van der Waals surface area contributed by atoms with Gasteiger partial charge in [-0.1, -0.05) is 101 Å². The summed E-state index contributed by atoms with van der Waals surface area (Å²) in [5.41, 5.74) is 9.93. The molecule has 0 aliphatic carbocycles. The third kappa shape index (κ3) is 9.88. The molecule has 4 aromatic rings. The van der Waals surface area contributed by atoms with Crippen molar-refractivity contribution >= 4 is 11.4 Å². The average molecular weight is 669 g/mol. The van der Waals surface area contributed by atoms with Crippen LogP contribution in [0.1, 0.15) is 80.8 Å². The fourth-order valence-corrected chi connectivity index (χ4v) is 5.69. The summed E-state index contributed by atoms with van der Waals surface area (Å²) in [5, 5.41) is 0. The summed E-state index contributed by atoms with van der Waals surface area (Å²) in [6.07, 6.45) is 2.13. The van der Waals surface area contributed by atoms with Crippen LogP contribution in [0.5, 0.6) is 5.75 Å². The predicted octanol–water partition coefficient (Wildman–Crippen LogP) is 9.99. The summed E-state index contributed by atoms with van der Waals surface area (Å²) in [5.74, 6) is 1.06. The number of aryl methyl sites for hydroxylation is 1. The molecule has 0 aliphatic rings. The van der Waals surface area contributed by atoms with Crippen LogP contribution in [0.25, 0.3) is 0 Å². The number of ether oxygens (including phenoxy) is 1. The van der Waals surface area contributed by atoms with Crippen LogP contribution in [0.2, 0.25) is 0 Å². The fourth-order valence-electron chi connectivity index (χ4n) is 5.69. The minimum absolute atomic E-state index is 0. The summed E-state index contributed by atoms with van der Waals surface area (Å²) >= 11 is 0. The molecule has 0 atom stereocenters. The minimum Gasteiger partial charge on any atom is -0.496 e. The van der Waals surface area contributed by atoms with Gasteiger partial charge in [-0.05, 0) is 57.1 Å². The Morgan fingerprint density at radius 3 is 1.43 bits per heavy atom. The zero-order valence-electron chi connectivity index (χ0n) is 29.3. The van der Waals surface area contributed by atoms with Crippen molar-refractivity contribution in [3.8, 4) is 5.75 Å². The van der Waals surface area contributed by atoms with E-state index >= 15 is 0 Å². The molecule has 0 amide bonds. The Kier molecular flexibility index (Phi) is 15.8. The maximum atomic E-state index is 5.97. The monoisotopic (exact) mass is 668 g/mol. The van der Waals surface area contributed by atoms with Crippen LogP contribution in [0.4, 0.5) is 11.4 Å². The largest absolute Gasteiger partial charge is 3.00 e. The molecule has 4 aromatic carbocycles. The molecule has 0 unspecified atom stereocenters. The van der Waals surface area contributed by atoms with Gasteiger partial charge in [0.05, 0.1) is 7.11 Å². The molecule has 4 heteroatoms. The predicted molar refractivity (Wildman–Crippen MR) is 190 cm³/mol. The van der Waals surface area contributed by atoms with Gasteiger partial charge in [0, 0.05) is 0 Å². The van der Waals surface area contributed by atoms with E-state index in [-0.39, 0.29) is 43.5 Å². The quantitative estimate of drug-likeness (QED) is 0.182. The molecule has 4 rings (SSSR count). The Bertz CT molecular complexity index is 1340. The van der Waals surface area contributed by atoms with Gasteiger partial charge in [0.15, 0.2) is 0 Å². The number of anilines is 2. The first-order valence-electron chi connectivity index (χ1n) is 15.3. The second kappa shape index (κ2) is 17.7. The van der Waals surface area contributed by atoms with Crippen molar-refractivity contribution in [3.63, 3.8) is 0 Å². The number of methoxy groups -OCH3 is 1. The molecular weight excluding hydrogens is 613 g/mol. The Hall–Kier alpha value is -2.75. The molecule has 0 saturated heterocycles. The zero-order chi connectivity index (χ0) is 32.4. The van der Waals surface area contributed by atoms with Crippen LogP contribution < -0.4 is 14.5 Å². The number of hydrogen-bond donors (Lipinski definition) is 0. The summed E-state index contributed by atoms with van der Waals surface area (Å²) in [6, 6.07) is 29.6. The van der Waals surface area contributed by atoms with Crippen LogP contribution in [0.15, 0.2) is 84.9 Å². The normalized spacial score (nSPS) is 10.8. The molecule has 44 heavy (non-hydrogen) atoms. The topological polar surface area (TPSA) is 15.7 Å². The van der Waals surface area contributed by atoms with Crippen molar-refractivity contribution in [2.75, 3.05) is 45.1 Å². The number of rotatable bonds is 7. The zero-order valence-corrected chi connectivity index (χ0v) is 32.1. The van der Waals surface area contributed by atoms with Gasteiger partial charge in [0.1, 0.15) is 5.75 Å². The minimum atomic E-state index is 0. The van der Waals surface area contributed by atoms with Crippen molar-refractivity contribution in [1.29, 1.82) is 0 Å². The molecule has 0 N–H and O–H groups in total. The maximum absolute atomic E-state index is 5.97. The van der Waals surface area contributed by atoms with Gasteiger partial charge in [0.2, 0.25) is 0 Å². The van der Waals surface area contributed by atoms with E-state index < -0.39 is 0 Å². The maximum Gasteiger partial charge on any atom is 3.00 e. The molecule has 0 aromatic heterocycles. The van der Waals surface area contributed by atoms with Crippen molar-refractivity contribution in [2.45, 2.75) is 65.2 Å². The molecule has 0 saturated carbocycles. The van der Waals surface area contributed by atoms with Crippen molar-refractivity contribution in [3.05, 3.63) is 132 Å². The number of benzene rings is 3. The van der Waals surface area contributed by atoms with Crippen LogP contribution in [-0.2, 0) is 43.5 Å². The first-order chi connectivity index (χ1) is 20.2. The smallest absolute Gasteiger partial charge is 0.496 e. The molecule has 0 bridgehead atoms. The van der Waals surface area contributed by atoms with Crippen LogP contribution in [0, 0.1) is 20.8 Å². The first kappa shape index (κ1) is 39.3. The van der Waals surface area contributed by atoms with Crippen molar-refractivity contribution in [1.82, 2.24) is 0 Å². The third-order valence-electron chi connectivity index (χ3n) is 8.13. The van der Waals surface area contributed by atoms with E-state index in [0.29, 0.717) is 0 Å². The van der Waals surface area contributed by atoms with Gasteiger partial charge < -0.3 is 14.5 Å². The van der Waals surface area contributed by atoms with Gasteiger partial charge in [-0.3, -0.25) is 0 Å². The van der Waals surface area contributed by atoms with Gasteiger partial charge in [-0.15, -0.1) is 17.7 Å². The van der Waals surface area contributed by atoms with Gasteiger partial charge in [-0.2, -0.15) is 49.2 Å². The molecule has 0 fully saturated rings. The SMILES string of the molecule is CCC(CC)(c1cc(C)cc(C(C)(C)C)c1OC)[c-]1cccc1.[CH2-]c1ccccc1N(C)C.[CH2-]c1ccccc1N(C)C.[Y+3]. The van der Waals surface area contributed by atoms with Crippen LogP contribution >= 0.6 is 0 Å². The van der Waals surface area contributed by atoms with E-state index in [4.69, 9.17) is 4.74 Å². The van der Waals surface area contributed by atoms with E-state index in [0.717, 1.165) is 29.7 Å². The Labute approximate surface area is 295 Å². The molecule has 0 heterocycles. The molecule has 234 valence electrons. The summed E-state index contributed by atoms with van der Waals surface area (Å²) in [6.45, 7) is 21.3. The summed E-state index contributed by atoms with van der Waals surface area (Å²) < 4.78 is 5.97. The van der Waals surface area contributed by atoms with Crippen LogP contribution in [-0.4, -0.2) is 35.3 Å². The fraction of sp³-hybridized carbons (Fsp3) is 0.375. The van der Waals surface area contributed by atoms with Gasteiger partial charge in [-0.25, -0.2) is 12.1 Å². The molecule has 0 radical (unpaired) electrons. The van der Waals surface area contributed by atoms with Crippen LogP contribution in [0.3, 0.4) is 0 Å². The second-order valence-corrected chi connectivity index (χ2v) is 12.7. The molecule has 3 nitrogen and oxygen atoms in total.